The maximum Gasteiger partial charge on any atom is -0.0163 e. The van der Waals surface area contributed by atoms with E-state index in [0.29, 0.717) is 0 Å². The van der Waals surface area contributed by atoms with Crippen molar-refractivity contribution in [2.45, 2.75) is 39.5 Å². The second-order valence-corrected chi connectivity index (χ2v) is 2.94. The summed E-state index contributed by atoms with van der Waals surface area (Å²) in [5.74, 6) is 0. The van der Waals surface area contributed by atoms with E-state index in [1.165, 1.54) is 19.3 Å². The van der Waals surface area contributed by atoms with Crippen LogP contribution in [0.4, 0.5) is 0 Å². The van der Waals surface area contributed by atoms with Crippen molar-refractivity contribution < 1.29 is 0 Å². The molecule has 0 fully saturated rings. The van der Waals surface area contributed by atoms with Gasteiger partial charge in [-0.15, -0.1) is 0 Å². The molecule has 0 aliphatic heterocycles. The summed E-state index contributed by atoms with van der Waals surface area (Å²) in [5, 5.41) is 0. The average molecular weight is 162 g/mol. The molecule has 0 bridgehead atoms. The van der Waals surface area contributed by atoms with Crippen molar-refractivity contribution in [3.63, 3.8) is 0 Å². The lowest BCUT2D eigenvalue weighted by Gasteiger charge is -1.91. The van der Waals surface area contributed by atoms with Gasteiger partial charge in [-0.2, -0.15) is 0 Å². The molecule has 0 amide bonds. The first-order valence-corrected chi connectivity index (χ1v) is 5.02. The van der Waals surface area contributed by atoms with Crippen molar-refractivity contribution >= 4 is 0 Å². The Morgan fingerprint density at radius 3 is 1.92 bits per heavy atom. The van der Waals surface area contributed by atoms with Gasteiger partial charge in [0.2, 0.25) is 0 Å². The third-order valence-electron chi connectivity index (χ3n) is 2.21. The highest BCUT2D eigenvalue weighted by atomic mass is 14.1. The lowest BCUT2D eigenvalue weighted by Crippen LogP contribution is -1.71. The summed E-state index contributed by atoms with van der Waals surface area (Å²) in [4.78, 5) is 0. The van der Waals surface area contributed by atoms with Gasteiger partial charge in [-0.3, -0.25) is 0 Å². The number of hydrogen-bond donors (Lipinski definition) is 0. The summed E-state index contributed by atoms with van der Waals surface area (Å²) < 4.78 is 0. The first-order chi connectivity index (χ1) is 5.97. The Bertz CT molecular complexity index is 194. The molecule has 2 rings (SSSR count). The summed E-state index contributed by atoms with van der Waals surface area (Å²) >= 11 is 0. The minimum atomic E-state index is 1.12. The topological polar surface area (TPSA) is 0 Å². The smallest absolute Gasteiger partial charge is 0.0163 e. The van der Waals surface area contributed by atoms with Crippen LogP contribution in [0.3, 0.4) is 0 Å². The van der Waals surface area contributed by atoms with Crippen LogP contribution in [-0.2, 0) is 0 Å². The first-order valence-electron chi connectivity index (χ1n) is 5.02. The van der Waals surface area contributed by atoms with E-state index in [1.807, 2.05) is 13.8 Å². The Labute approximate surface area is 75.7 Å². The molecule has 0 radical (unpaired) electrons. The molecule has 0 spiro atoms. The number of hydrogen-bond acceptors (Lipinski definition) is 0. The molecule has 66 valence electrons. The minimum Gasteiger partial charge on any atom is -0.0805 e. The zero-order valence-electron chi connectivity index (χ0n) is 8.14. The molecule has 0 heteroatoms. The fraction of sp³-hybridized carbons (Fsp3) is 0.500. The van der Waals surface area contributed by atoms with Crippen LogP contribution in [0.15, 0.2) is 35.5 Å². The molecule has 2 aliphatic carbocycles. The summed E-state index contributed by atoms with van der Waals surface area (Å²) in [5.41, 5.74) is 3.16. The minimum absolute atomic E-state index is 1.12. The lowest BCUT2D eigenvalue weighted by atomic mass is 10.1. The third kappa shape index (κ3) is 2.10. The van der Waals surface area contributed by atoms with Gasteiger partial charge in [0.05, 0.1) is 0 Å². The largest absolute Gasteiger partial charge is 0.0805 e. The zero-order valence-corrected chi connectivity index (χ0v) is 8.14. The molecule has 2 aliphatic rings. The Balaban J connectivity index is 0.000000336. The highest BCUT2D eigenvalue weighted by molar-refractivity contribution is 5.38. The van der Waals surface area contributed by atoms with Gasteiger partial charge in [-0.25, -0.2) is 0 Å². The van der Waals surface area contributed by atoms with Crippen molar-refractivity contribution in [1.82, 2.24) is 0 Å². The third-order valence-corrected chi connectivity index (χ3v) is 2.21. The fourth-order valence-electron chi connectivity index (χ4n) is 1.67. The molecule has 0 heterocycles. The Hall–Kier alpha value is -0.780. The van der Waals surface area contributed by atoms with E-state index in [0.717, 1.165) is 6.42 Å². The van der Waals surface area contributed by atoms with Gasteiger partial charge in [0.15, 0.2) is 0 Å². The second-order valence-electron chi connectivity index (χ2n) is 2.94. The second kappa shape index (κ2) is 4.97. The quantitative estimate of drug-likeness (QED) is 0.505. The van der Waals surface area contributed by atoms with Crippen LogP contribution in [0.25, 0.3) is 0 Å². The Morgan fingerprint density at radius 2 is 1.42 bits per heavy atom. The van der Waals surface area contributed by atoms with E-state index in [1.54, 1.807) is 11.1 Å². The van der Waals surface area contributed by atoms with E-state index >= 15 is 0 Å². The van der Waals surface area contributed by atoms with E-state index in [-0.39, 0.29) is 0 Å². The van der Waals surface area contributed by atoms with Crippen LogP contribution >= 0.6 is 0 Å². The van der Waals surface area contributed by atoms with Crippen molar-refractivity contribution in [1.29, 1.82) is 0 Å². The van der Waals surface area contributed by atoms with Crippen LogP contribution in [0.5, 0.6) is 0 Å². The van der Waals surface area contributed by atoms with Crippen LogP contribution in [0.1, 0.15) is 39.5 Å². The standard InChI is InChI=1S/C10H12.C2H6/c1-2-5-9-7-4-8-10(9)6-3-1;1-2/h2-3,5-6H,1,4,7-8H2;1-2H3. The zero-order chi connectivity index (χ0) is 8.81. The summed E-state index contributed by atoms with van der Waals surface area (Å²) in [6, 6.07) is 0. The normalized spacial score (nSPS) is 19.8. The first kappa shape index (κ1) is 9.31. The van der Waals surface area contributed by atoms with Gasteiger partial charge >= 0.3 is 0 Å². The lowest BCUT2D eigenvalue weighted by molar-refractivity contribution is 0.905. The SMILES string of the molecule is C1=CC2=C(C=CC1)CCC2.CC. The maximum absolute atomic E-state index is 2.29. The average Bonchev–Trinajstić information content (AvgIpc) is 2.46. The molecule has 0 unspecified atom stereocenters. The van der Waals surface area contributed by atoms with Gasteiger partial charge in [0.25, 0.3) is 0 Å². The Morgan fingerprint density at radius 1 is 0.917 bits per heavy atom. The molecule has 0 saturated carbocycles. The van der Waals surface area contributed by atoms with Gasteiger partial charge in [0.1, 0.15) is 0 Å². The molecule has 12 heavy (non-hydrogen) atoms. The van der Waals surface area contributed by atoms with Gasteiger partial charge in [0, 0.05) is 0 Å². The van der Waals surface area contributed by atoms with E-state index in [2.05, 4.69) is 24.3 Å². The van der Waals surface area contributed by atoms with E-state index < -0.39 is 0 Å². The van der Waals surface area contributed by atoms with Crippen LogP contribution < -0.4 is 0 Å². The molecule has 0 nitrogen and oxygen atoms in total. The molecule has 0 atom stereocenters. The van der Waals surface area contributed by atoms with Gasteiger partial charge in [-0.1, -0.05) is 38.2 Å². The van der Waals surface area contributed by atoms with E-state index in [9.17, 15) is 0 Å². The van der Waals surface area contributed by atoms with E-state index in [4.69, 9.17) is 0 Å². The maximum atomic E-state index is 2.29. The van der Waals surface area contributed by atoms with Crippen molar-refractivity contribution in [2.75, 3.05) is 0 Å². The molecular weight excluding hydrogens is 144 g/mol. The van der Waals surface area contributed by atoms with Gasteiger partial charge < -0.3 is 0 Å². The van der Waals surface area contributed by atoms with Crippen molar-refractivity contribution in [3.05, 3.63) is 35.5 Å². The van der Waals surface area contributed by atoms with Crippen LogP contribution in [0.2, 0.25) is 0 Å². The van der Waals surface area contributed by atoms with Crippen LogP contribution in [-0.4, -0.2) is 0 Å². The summed E-state index contributed by atoms with van der Waals surface area (Å²) in [7, 11) is 0. The molecule has 0 aromatic heterocycles. The van der Waals surface area contributed by atoms with Crippen molar-refractivity contribution in [2.24, 2.45) is 0 Å². The van der Waals surface area contributed by atoms with Crippen molar-refractivity contribution in [3.8, 4) is 0 Å². The predicted molar refractivity (Wildman–Crippen MR) is 55.1 cm³/mol. The number of allylic oxidation sites excluding steroid dienone is 6. The summed E-state index contributed by atoms with van der Waals surface area (Å²) in [6.07, 6.45) is 14.2. The van der Waals surface area contributed by atoms with Gasteiger partial charge in [-0.05, 0) is 36.8 Å². The monoisotopic (exact) mass is 162 g/mol. The molecule has 0 saturated heterocycles. The molecule has 0 aromatic rings. The Kier molecular flexibility index (Phi) is 3.86. The highest BCUT2D eigenvalue weighted by Gasteiger charge is 2.09. The van der Waals surface area contributed by atoms with Crippen LogP contribution in [0, 0.1) is 0 Å². The number of rotatable bonds is 0. The predicted octanol–water partition coefficient (Wildman–Crippen LogP) is 4.01. The summed E-state index contributed by atoms with van der Waals surface area (Å²) in [6.45, 7) is 4.00. The fourth-order valence-corrected chi connectivity index (χ4v) is 1.67. The molecular formula is C12H18. The molecule has 0 N–H and O–H groups in total. The highest BCUT2D eigenvalue weighted by Crippen LogP contribution is 2.29. The molecule has 0 aromatic carbocycles.